The Bertz CT molecular complexity index is 1350. The zero-order chi connectivity index (χ0) is 21.5. The number of carbonyl (C=O) groups excluding carboxylic acids is 1. The van der Waals surface area contributed by atoms with Gasteiger partial charge in [-0.3, -0.25) is 10.2 Å². The summed E-state index contributed by atoms with van der Waals surface area (Å²) >= 11 is 2.61. The van der Waals surface area contributed by atoms with Crippen molar-refractivity contribution < 1.29 is 9.18 Å². The maximum absolute atomic E-state index is 13.7. The predicted octanol–water partition coefficient (Wildman–Crippen LogP) is 6.01. The molecule has 3 heterocycles. The van der Waals surface area contributed by atoms with E-state index >= 15 is 0 Å². The molecule has 1 saturated heterocycles. The first-order valence-electron chi connectivity index (χ1n) is 9.77. The largest absolute Gasteiger partial charge is 0.340 e. The van der Waals surface area contributed by atoms with Crippen molar-refractivity contribution in [2.45, 2.75) is 19.4 Å². The monoisotopic (exact) mass is 447 g/mol. The third kappa shape index (κ3) is 3.54. The summed E-state index contributed by atoms with van der Waals surface area (Å²) in [6, 6.07) is 14.6. The molecule has 0 radical (unpaired) electrons. The first kappa shape index (κ1) is 19.9. The molecule has 1 N–H and O–H groups in total. The number of carbonyl (C=O) groups is 1. The fourth-order valence-corrected chi connectivity index (χ4v) is 5.77. The molecule has 0 bridgehead atoms. The van der Waals surface area contributed by atoms with E-state index in [-0.39, 0.29) is 11.6 Å². The third-order valence-corrected chi connectivity index (χ3v) is 7.31. The van der Waals surface area contributed by atoms with Crippen molar-refractivity contribution >= 4 is 50.9 Å². The SMILES string of the molecule is Cc1c(/C=C2\SC(=N)[C@H](c3nccs3)C2=O)c2ccccc2n1Cc1cccc(F)c1. The summed E-state index contributed by atoms with van der Waals surface area (Å²) in [5.74, 6) is -0.933. The number of halogens is 1. The highest BCUT2D eigenvalue weighted by atomic mass is 32.2. The van der Waals surface area contributed by atoms with Crippen LogP contribution in [0.1, 0.15) is 27.7 Å². The number of nitrogens with one attached hydrogen (secondary N) is 1. The van der Waals surface area contributed by atoms with E-state index < -0.39 is 5.92 Å². The van der Waals surface area contributed by atoms with E-state index in [0.29, 0.717) is 21.5 Å². The summed E-state index contributed by atoms with van der Waals surface area (Å²) in [4.78, 5) is 17.9. The van der Waals surface area contributed by atoms with Crippen molar-refractivity contribution in [3.05, 3.63) is 92.7 Å². The topological polar surface area (TPSA) is 58.7 Å². The van der Waals surface area contributed by atoms with Crippen molar-refractivity contribution in [2.75, 3.05) is 0 Å². The minimum atomic E-state index is -0.600. The molecule has 1 aliphatic rings. The molecular formula is C24H18FN3OS2. The smallest absolute Gasteiger partial charge is 0.186 e. The van der Waals surface area contributed by atoms with Crippen molar-refractivity contribution in [2.24, 2.45) is 0 Å². The number of ketones is 1. The second-order valence-corrected chi connectivity index (χ2v) is 9.38. The van der Waals surface area contributed by atoms with Crippen LogP contribution in [0.5, 0.6) is 0 Å². The van der Waals surface area contributed by atoms with Gasteiger partial charge in [-0.25, -0.2) is 9.37 Å². The Labute approximate surface area is 187 Å². The number of para-hydroxylation sites is 1. The van der Waals surface area contributed by atoms with Crippen LogP contribution in [0, 0.1) is 18.2 Å². The van der Waals surface area contributed by atoms with Crippen molar-refractivity contribution in [3.63, 3.8) is 0 Å². The van der Waals surface area contributed by atoms with Crippen molar-refractivity contribution in [3.8, 4) is 0 Å². The molecule has 5 rings (SSSR count). The van der Waals surface area contributed by atoms with E-state index in [4.69, 9.17) is 5.41 Å². The number of thiazole rings is 1. The highest BCUT2D eigenvalue weighted by molar-refractivity contribution is 8.19. The van der Waals surface area contributed by atoms with Crippen LogP contribution in [0.25, 0.3) is 17.0 Å². The summed E-state index contributed by atoms with van der Waals surface area (Å²) in [6.07, 6.45) is 3.56. The highest BCUT2D eigenvalue weighted by Gasteiger charge is 2.38. The molecule has 7 heteroatoms. The van der Waals surface area contributed by atoms with Gasteiger partial charge in [-0.15, -0.1) is 11.3 Å². The Kier molecular flexibility index (Phi) is 5.08. The molecule has 1 atom stereocenters. The zero-order valence-corrected chi connectivity index (χ0v) is 18.3. The third-order valence-electron chi connectivity index (χ3n) is 5.47. The molecule has 0 amide bonds. The van der Waals surface area contributed by atoms with Gasteiger partial charge >= 0.3 is 0 Å². The quantitative estimate of drug-likeness (QED) is 0.390. The molecule has 0 aliphatic carbocycles. The predicted molar refractivity (Wildman–Crippen MR) is 125 cm³/mol. The van der Waals surface area contributed by atoms with E-state index in [1.54, 1.807) is 18.3 Å². The molecule has 0 unspecified atom stereocenters. The molecule has 2 aromatic heterocycles. The minimum Gasteiger partial charge on any atom is -0.340 e. The minimum absolute atomic E-state index is 0.0775. The lowest BCUT2D eigenvalue weighted by Gasteiger charge is -2.09. The van der Waals surface area contributed by atoms with E-state index in [0.717, 1.165) is 27.7 Å². The molecule has 154 valence electrons. The van der Waals surface area contributed by atoms with Crippen LogP contribution >= 0.6 is 23.1 Å². The van der Waals surface area contributed by atoms with Crippen LogP contribution in [0.4, 0.5) is 4.39 Å². The number of fused-ring (bicyclic) bond motifs is 1. The number of aromatic nitrogens is 2. The summed E-state index contributed by atoms with van der Waals surface area (Å²) in [5, 5.41) is 12.2. The van der Waals surface area contributed by atoms with Gasteiger partial charge in [-0.05, 0) is 36.8 Å². The van der Waals surface area contributed by atoms with Crippen LogP contribution in [0.15, 0.2) is 65.0 Å². The Morgan fingerprint density at radius 2 is 2.06 bits per heavy atom. The van der Waals surface area contributed by atoms with Gasteiger partial charge in [0.15, 0.2) is 5.78 Å². The standard InChI is InChI=1S/C24H18FN3OS2/c1-14-18(12-20-22(29)21(23(26)31-20)24-27-9-10-30-24)17-7-2-3-8-19(17)28(14)13-15-5-4-6-16(25)11-15/h2-12,21,26H,13H2,1H3/b20-12-,26-23?/t21-/m1/s1. The van der Waals surface area contributed by atoms with Gasteiger partial charge in [0, 0.05) is 40.3 Å². The highest BCUT2D eigenvalue weighted by Crippen LogP contribution is 2.42. The Hall–Kier alpha value is -3.03. The Morgan fingerprint density at radius 3 is 2.84 bits per heavy atom. The lowest BCUT2D eigenvalue weighted by Crippen LogP contribution is -2.11. The summed E-state index contributed by atoms with van der Waals surface area (Å²) in [5.41, 5.74) is 3.85. The molecule has 2 aromatic carbocycles. The molecule has 31 heavy (non-hydrogen) atoms. The van der Waals surface area contributed by atoms with Gasteiger partial charge in [-0.1, -0.05) is 42.1 Å². The van der Waals surface area contributed by atoms with Gasteiger partial charge in [0.25, 0.3) is 0 Å². The van der Waals surface area contributed by atoms with Crippen LogP contribution in [-0.4, -0.2) is 20.4 Å². The zero-order valence-electron chi connectivity index (χ0n) is 16.6. The molecular weight excluding hydrogens is 429 g/mol. The molecule has 1 fully saturated rings. The first-order valence-corrected chi connectivity index (χ1v) is 11.5. The number of Topliss-reactive ketones (excluding diaryl/α,β-unsaturated/α-hetero) is 1. The van der Waals surface area contributed by atoms with E-state index in [2.05, 4.69) is 9.55 Å². The average Bonchev–Trinajstić information content (AvgIpc) is 3.43. The Morgan fingerprint density at radius 1 is 1.23 bits per heavy atom. The first-order chi connectivity index (χ1) is 15.0. The normalized spacial score (nSPS) is 17.9. The van der Waals surface area contributed by atoms with Crippen LogP contribution in [0.3, 0.4) is 0 Å². The molecule has 1 aliphatic heterocycles. The van der Waals surface area contributed by atoms with Gasteiger partial charge in [0.1, 0.15) is 16.7 Å². The van der Waals surface area contributed by atoms with Crippen molar-refractivity contribution in [1.29, 1.82) is 5.41 Å². The molecule has 0 spiro atoms. The van der Waals surface area contributed by atoms with Gasteiger partial charge in [-0.2, -0.15) is 0 Å². The maximum atomic E-state index is 13.7. The van der Waals surface area contributed by atoms with Crippen LogP contribution in [0.2, 0.25) is 0 Å². The van der Waals surface area contributed by atoms with Gasteiger partial charge in [0.05, 0.1) is 9.95 Å². The Balaban J connectivity index is 1.59. The molecule has 0 saturated carbocycles. The second kappa shape index (κ2) is 7.90. The van der Waals surface area contributed by atoms with Gasteiger partial charge < -0.3 is 4.57 Å². The number of benzene rings is 2. The summed E-state index contributed by atoms with van der Waals surface area (Å²) in [7, 11) is 0. The molecule has 4 nitrogen and oxygen atoms in total. The molecule has 4 aromatic rings. The van der Waals surface area contributed by atoms with E-state index in [1.807, 2.05) is 48.7 Å². The summed E-state index contributed by atoms with van der Waals surface area (Å²) in [6.45, 7) is 2.55. The fourth-order valence-electron chi connectivity index (χ4n) is 3.98. The van der Waals surface area contributed by atoms with Crippen LogP contribution < -0.4 is 0 Å². The van der Waals surface area contributed by atoms with Crippen molar-refractivity contribution in [1.82, 2.24) is 9.55 Å². The number of thioether (sulfide) groups is 1. The van der Waals surface area contributed by atoms with E-state index in [1.165, 1.54) is 29.2 Å². The number of rotatable bonds is 4. The number of hydrogen-bond donors (Lipinski definition) is 1. The lowest BCUT2D eigenvalue weighted by atomic mass is 10.0. The van der Waals surface area contributed by atoms with Crippen LogP contribution in [-0.2, 0) is 11.3 Å². The number of hydrogen-bond acceptors (Lipinski definition) is 5. The summed E-state index contributed by atoms with van der Waals surface area (Å²) < 4.78 is 15.9. The number of allylic oxidation sites excluding steroid dienone is 1. The van der Waals surface area contributed by atoms with Gasteiger partial charge in [0.2, 0.25) is 0 Å². The number of nitrogens with zero attached hydrogens (tertiary/aromatic N) is 2. The average molecular weight is 448 g/mol. The maximum Gasteiger partial charge on any atom is 0.186 e. The fraction of sp³-hybridized carbons (Fsp3) is 0.125. The van der Waals surface area contributed by atoms with E-state index in [9.17, 15) is 9.18 Å². The second-order valence-electron chi connectivity index (χ2n) is 7.37. The lowest BCUT2D eigenvalue weighted by molar-refractivity contribution is -0.114.